The number of esters is 1. The first-order chi connectivity index (χ1) is 10.1. The first-order valence-electron chi connectivity index (χ1n) is 7.57. The van der Waals surface area contributed by atoms with Gasteiger partial charge in [0.25, 0.3) is 0 Å². The van der Waals surface area contributed by atoms with Crippen LogP contribution in [0.3, 0.4) is 0 Å². The van der Waals surface area contributed by atoms with Gasteiger partial charge in [0.15, 0.2) is 8.32 Å². The van der Waals surface area contributed by atoms with Crippen LogP contribution in [0.1, 0.15) is 38.8 Å². The van der Waals surface area contributed by atoms with E-state index in [2.05, 4.69) is 39.9 Å². The summed E-state index contributed by atoms with van der Waals surface area (Å²) in [6, 6.07) is 8.04. The first kappa shape index (κ1) is 18.7. The molecule has 122 valence electrons. The molecular weight excluding hydrogens is 292 g/mol. The monoisotopic (exact) mass is 320 g/mol. The Bertz CT molecular complexity index is 554. The van der Waals surface area contributed by atoms with Crippen molar-refractivity contribution in [3.63, 3.8) is 0 Å². The van der Waals surface area contributed by atoms with Crippen molar-refractivity contribution in [2.75, 3.05) is 7.11 Å². The normalized spacial score (nSPS) is 13.1. The van der Waals surface area contributed by atoms with Crippen LogP contribution in [0.4, 0.5) is 0 Å². The molecule has 0 aliphatic heterocycles. The maximum Gasteiger partial charge on any atom is 0.330 e. The van der Waals surface area contributed by atoms with Gasteiger partial charge in [0.2, 0.25) is 0 Å². The number of rotatable bonds is 5. The molecule has 0 N–H and O–H groups in total. The molecule has 0 fully saturated rings. The van der Waals surface area contributed by atoms with E-state index in [0.717, 1.165) is 16.7 Å². The van der Waals surface area contributed by atoms with Gasteiger partial charge < -0.3 is 9.16 Å². The van der Waals surface area contributed by atoms with Crippen LogP contribution in [0, 0.1) is 0 Å². The second-order valence-electron chi connectivity index (χ2n) is 7.06. The lowest BCUT2D eigenvalue weighted by Crippen LogP contribution is -2.40. The van der Waals surface area contributed by atoms with Crippen molar-refractivity contribution in [3.8, 4) is 0 Å². The van der Waals surface area contributed by atoms with E-state index in [9.17, 15) is 4.79 Å². The minimum Gasteiger partial charge on any atom is -0.466 e. The largest absolute Gasteiger partial charge is 0.466 e. The Balaban J connectivity index is 2.99. The van der Waals surface area contributed by atoms with Crippen LogP contribution >= 0.6 is 0 Å². The second kappa shape index (κ2) is 7.25. The lowest BCUT2D eigenvalue weighted by molar-refractivity contribution is -0.134. The fraction of sp³-hybridized carbons (Fsp3) is 0.500. The molecule has 0 aromatic heterocycles. The Labute approximate surface area is 135 Å². The van der Waals surface area contributed by atoms with Gasteiger partial charge >= 0.3 is 5.97 Å². The van der Waals surface area contributed by atoms with Crippen molar-refractivity contribution in [3.05, 3.63) is 41.5 Å². The smallest absolute Gasteiger partial charge is 0.330 e. The van der Waals surface area contributed by atoms with Gasteiger partial charge in [-0.1, -0.05) is 45.0 Å². The zero-order chi connectivity index (χ0) is 17.0. The quantitative estimate of drug-likeness (QED) is 0.445. The second-order valence-corrected chi connectivity index (χ2v) is 11.9. The highest BCUT2D eigenvalue weighted by Gasteiger charge is 2.37. The average molecular weight is 321 g/mol. The number of carbonyl (C=O) groups excluding carboxylic acids is 1. The molecule has 0 saturated carbocycles. The molecule has 22 heavy (non-hydrogen) atoms. The van der Waals surface area contributed by atoms with E-state index in [-0.39, 0.29) is 11.0 Å². The third-order valence-electron chi connectivity index (χ3n) is 4.37. The fourth-order valence-corrected chi connectivity index (χ4v) is 2.77. The molecule has 0 radical (unpaired) electrons. The van der Waals surface area contributed by atoms with Crippen LogP contribution in [0.15, 0.2) is 30.3 Å². The van der Waals surface area contributed by atoms with E-state index in [1.807, 2.05) is 25.1 Å². The highest BCUT2D eigenvalue weighted by Crippen LogP contribution is 2.37. The van der Waals surface area contributed by atoms with E-state index in [1.165, 1.54) is 13.2 Å². The van der Waals surface area contributed by atoms with Gasteiger partial charge in [-0.2, -0.15) is 0 Å². The summed E-state index contributed by atoms with van der Waals surface area (Å²) < 4.78 is 11.0. The van der Waals surface area contributed by atoms with Crippen molar-refractivity contribution >= 4 is 19.9 Å². The summed E-state index contributed by atoms with van der Waals surface area (Å²) in [5.41, 5.74) is 3.03. The van der Waals surface area contributed by atoms with Gasteiger partial charge in [-0.3, -0.25) is 0 Å². The minimum atomic E-state index is -1.80. The lowest BCUT2D eigenvalue weighted by atomic mass is 10.0. The maximum absolute atomic E-state index is 11.4. The van der Waals surface area contributed by atoms with Crippen molar-refractivity contribution in [1.29, 1.82) is 0 Å². The molecule has 1 aromatic rings. The summed E-state index contributed by atoms with van der Waals surface area (Å²) >= 11 is 0. The maximum atomic E-state index is 11.4. The van der Waals surface area contributed by atoms with Crippen molar-refractivity contribution in [2.45, 2.75) is 52.4 Å². The van der Waals surface area contributed by atoms with Crippen LogP contribution in [0.25, 0.3) is 5.57 Å². The summed E-state index contributed by atoms with van der Waals surface area (Å²) in [5.74, 6) is -0.336. The average Bonchev–Trinajstić information content (AvgIpc) is 2.44. The third-order valence-corrected chi connectivity index (χ3v) is 8.85. The molecule has 0 bridgehead atoms. The highest BCUT2D eigenvalue weighted by molar-refractivity contribution is 6.74. The number of hydrogen-bond donors (Lipinski definition) is 0. The molecule has 1 aromatic carbocycles. The van der Waals surface area contributed by atoms with Crippen molar-refractivity contribution < 1.29 is 14.0 Å². The van der Waals surface area contributed by atoms with E-state index in [0.29, 0.717) is 6.61 Å². The summed E-state index contributed by atoms with van der Waals surface area (Å²) in [7, 11) is -0.408. The molecule has 4 heteroatoms. The molecule has 0 atom stereocenters. The Hall–Kier alpha value is -1.39. The Kier molecular flexibility index (Phi) is 6.14. The zero-order valence-corrected chi connectivity index (χ0v) is 15.8. The number of hydrogen-bond acceptors (Lipinski definition) is 3. The topological polar surface area (TPSA) is 35.5 Å². The Morgan fingerprint density at radius 2 is 1.82 bits per heavy atom. The van der Waals surface area contributed by atoms with Crippen LogP contribution < -0.4 is 0 Å². The van der Waals surface area contributed by atoms with Gasteiger partial charge in [0, 0.05) is 6.08 Å². The molecule has 0 heterocycles. The molecule has 0 saturated heterocycles. The predicted octanol–water partition coefficient (Wildman–Crippen LogP) is 4.78. The molecule has 0 aliphatic rings. The van der Waals surface area contributed by atoms with Crippen LogP contribution in [0.2, 0.25) is 18.1 Å². The van der Waals surface area contributed by atoms with Gasteiger partial charge in [0.05, 0.1) is 13.7 Å². The van der Waals surface area contributed by atoms with Crippen LogP contribution in [-0.4, -0.2) is 21.4 Å². The molecule has 3 nitrogen and oxygen atoms in total. The molecule has 0 aliphatic carbocycles. The molecule has 0 amide bonds. The lowest BCUT2D eigenvalue weighted by Gasteiger charge is -2.36. The fourth-order valence-electron chi connectivity index (χ4n) is 1.82. The SMILES string of the molecule is COC(=O)/C=C(\C)c1ccccc1CO[Si](C)(C)C(C)(C)C. The summed E-state index contributed by atoms with van der Waals surface area (Å²) in [5, 5.41) is 0.179. The number of benzene rings is 1. The van der Waals surface area contributed by atoms with Gasteiger partial charge in [-0.15, -0.1) is 0 Å². The molecule has 0 spiro atoms. The van der Waals surface area contributed by atoms with E-state index >= 15 is 0 Å². The van der Waals surface area contributed by atoms with Gasteiger partial charge in [0.1, 0.15) is 0 Å². The molecule has 0 unspecified atom stereocenters. The Morgan fingerprint density at radius 3 is 2.36 bits per heavy atom. The number of allylic oxidation sites excluding steroid dienone is 1. The molecule has 1 rings (SSSR count). The van der Waals surface area contributed by atoms with E-state index in [1.54, 1.807) is 0 Å². The number of ether oxygens (including phenoxy) is 1. The number of methoxy groups -OCH3 is 1. The summed E-state index contributed by atoms with van der Waals surface area (Å²) in [4.78, 5) is 11.4. The zero-order valence-electron chi connectivity index (χ0n) is 14.8. The highest BCUT2D eigenvalue weighted by atomic mass is 28.4. The van der Waals surface area contributed by atoms with Crippen LogP contribution in [-0.2, 0) is 20.6 Å². The standard InChI is InChI=1S/C18H28O3Si/c1-14(12-17(19)20-5)16-11-9-8-10-15(16)13-21-22(6,7)18(2,3)4/h8-12H,13H2,1-7H3/b14-12+. The van der Waals surface area contributed by atoms with Gasteiger partial charge in [-0.25, -0.2) is 4.79 Å². The third kappa shape index (κ3) is 4.82. The molecular formula is C18H28O3Si. The van der Waals surface area contributed by atoms with Crippen LogP contribution in [0.5, 0.6) is 0 Å². The minimum absolute atomic E-state index is 0.179. The van der Waals surface area contributed by atoms with E-state index < -0.39 is 8.32 Å². The number of carbonyl (C=O) groups is 1. The summed E-state index contributed by atoms with van der Waals surface area (Å²) in [6.45, 7) is 13.7. The van der Waals surface area contributed by atoms with Crippen molar-refractivity contribution in [2.24, 2.45) is 0 Å². The first-order valence-corrected chi connectivity index (χ1v) is 10.5. The van der Waals surface area contributed by atoms with Gasteiger partial charge in [-0.05, 0) is 41.8 Å². The summed E-state index contributed by atoms with van der Waals surface area (Å²) in [6.07, 6.45) is 1.52. The van der Waals surface area contributed by atoms with Crippen molar-refractivity contribution in [1.82, 2.24) is 0 Å². The van der Waals surface area contributed by atoms with E-state index in [4.69, 9.17) is 9.16 Å². The predicted molar refractivity (Wildman–Crippen MR) is 94.1 cm³/mol. The Morgan fingerprint density at radius 1 is 1.23 bits per heavy atom.